The predicted octanol–water partition coefficient (Wildman–Crippen LogP) is -1.58. The molecule has 0 rings (SSSR count). The summed E-state index contributed by atoms with van der Waals surface area (Å²) in [6, 6.07) is -1.26. The van der Waals surface area contributed by atoms with Gasteiger partial charge in [-0.2, -0.15) is 0 Å². The van der Waals surface area contributed by atoms with Gasteiger partial charge < -0.3 is 15.2 Å². The molecule has 0 fully saturated rings. The number of carbonyl (C=O) groups excluding carboxylic acids is 2. The molecule has 20 heavy (non-hydrogen) atoms. The highest BCUT2D eigenvalue weighted by atomic mass is 32.2. The number of ether oxygens (including phenoxy) is 2. The first-order valence-corrected chi connectivity index (χ1v) is 8.13. The molecule has 8 nitrogen and oxygen atoms in total. The lowest BCUT2D eigenvalue weighted by atomic mass is 10.2. The van der Waals surface area contributed by atoms with Crippen molar-refractivity contribution in [1.29, 1.82) is 0 Å². The number of esters is 2. The standard InChI is InChI=1S/C11H22N2O6S/c1-3-18-10(14)8-9(11(15)19-4-2)13-20(16,17)7-5-6-12/h9,13H,3-8,12H2,1-2H3/p+1. The molecule has 0 aliphatic carbocycles. The monoisotopic (exact) mass is 311 g/mol. The first-order chi connectivity index (χ1) is 9.36. The molecule has 0 aromatic rings. The van der Waals surface area contributed by atoms with Crippen LogP contribution < -0.4 is 10.5 Å². The lowest BCUT2D eigenvalue weighted by molar-refractivity contribution is -0.367. The Kier molecular flexibility index (Phi) is 9.10. The largest absolute Gasteiger partial charge is 0.466 e. The van der Waals surface area contributed by atoms with Crippen LogP contribution in [0.3, 0.4) is 0 Å². The van der Waals surface area contributed by atoms with Crippen LogP contribution in [0.25, 0.3) is 0 Å². The van der Waals surface area contributed by atoms with Crippen LogP contribution in [-0.4, -0.2) is 51.9 Å². The third-order valence-corrected chi connectivity index (χ3v) is 3.70. The van der Waals surface area contributed by atoms with E-state index in [1.165, 1.54) is 0 Å². The summed E-state index contributed by atoms with van der Waals surface area (Å²) in [7, 11) is -3.67. The summed E-state index contributed by atoms with van der Waals surface area (Å²) in [5.74, 6) is -1.61. The lowest BCUT2D eigenvalue weighted by Gasteiger charge is -2.16. The Bertz CT molecular complexity index is 409. The van der Waals surface area contributed by atoms with Gasteiger partial charge in [-0.25, -0.2) is 13.1 Å². The molecule has 1 unspecified atom stereocenters. The minimum absolute atomic E-state index is 0.0960. The first-order valence-electron chi connectivity index (χ1n) is 6.47. The quantitative estimate of drug-likeness (QED) is 0.469. The fourth-order valence-corrected chi connectivity index (χ4v) is 2.69. The van der Waals surface area contributed by atoms with E-state index in [-0.39, 0.29) is 19.0 Å². The van der Waals surface area contributed by atoms with E-state index in [1.807, 2.05) is 0 Å². The van der Waals surface area contributed by atoms with Crippen molar-refractivity contribution in [3.05, 3.63) is 0 Å². The van der Waals surface area contributed by atoms with E-state index < -0.39 is 34.4 Å². The van der Waals surface area contributed by atoms with Crippen molar-refractivity contribution in [3.63, 3.8) is 0 Å². The van der Waals surface area contributed by atoms with Gasteiger partial charge >= 0.3 is 11.9 Å². The first kappa shape index (κ1) is 18.8. The van der Waals surface area contributed by atoms with Crippen LogP contribution in [0.2, 0.25) is 0 Å². The second-order valence-electron chi connectivity index (χ2n) is 3.96. The van der Waals surface area contributed by atoms with Crippen molar-refractivity contribution in [2.24, 2.45) is 0 Å². The minimum atomic E-state index is -3.67. The van der Waals surface area contributed by atoms with Crippen LogP contribution in [0, 0.1) is 0 Å². The van der Waals surface area contributed by atoms with Gasteiger partial charge in [-0.3, -0.25) is 9.59 Å². The van der Waals surface area contributed by atoms with Gasteiger partial charge in [-0.1, -0.05) is 0 Å². The summed E-state index contributed by atoms with van der Waals surface area (Å²) in [5.41, 5.74) is 3.55. The van der Waals surface area contributed by atoms with Gasteiger partial charge in [0.15, 0.2) is 0 Å². The Hall–Kier alpha value is -1.19. The summed E-state index contributed by atoms with van der Waals surface area (Å²) in [5, 5.41) is 0. The van der Waals surface area contributed by atoms with Crippen LogP contribution in [0.1, 0.15) is 26.7 Å². The van der Waals surface area contributed by atoms with Gasteiger partial charge in [-0.15, -0.1) is 0 Å². The molecule has 0 bridgehead atoms. The third-order valence-electron chi connectivity index (χ3n) is 2.23. The molecule has 0 saturated carbocycles. The van der Waals surface area contributed by atoms with Crippen molar-refractivity contribution in [3.8, 4) is 0 Å². The zero-order valence-electron chi connectivity index (χ0n) is 11.9. The predicted molar refractivity (Wildman–Crippen MR) is 71.0 cm³/mol. The van der Waals surface area contributed by atoms with E-state index in [9.17, 15) is 18.0 Å². The van der Waals surface area contributed by atoms with E-state index >= 15 is 0 Å². The molecule has 4 N–H and O–H groups in total. The fourth-order valence-electron chi connectivity index (χ4n) is 1.37. The van der Waals surface area contributed by atoms with Crippen molar-refractivity contribution in [2.75, 3.05) is 25.5 Å². The Morgan fingerprint density at radius 1 is 1.20 bits per heavy atom. The summed E-state index contributed by atoms with van der Waals surface area (Å²) >= 11 is 0. The van der Waals surface area contributed by atoms with Crippen molar-refractivity contribution < 1.29 is 33.2 Å². The molecule has 0 aliphatic heterocycles. The average molecular weight is 311 g/mol. The summed E-state index contributed by atoms with van der Waals surface area (Å²) < 4.78 is 35.1. The van der Waals surface area contributed by atoms with Crippen molar-refractivity contribution in [2.45, 2.75) is 32.7 Å². The molecule has 0 heterocycles. The molecule has 0 saturated heterocycles. The van der Waals surface area contributed by atoms with Gasteiger partial charge in [0.2, 0.25) is 10.0 Å². The number of hydrogen-bond donors (Lipinski definition) is 2. The smallest absolute Gasteiger partial charge is 0.324 e. The topological polar surface area (TPSA) is 126 Å². The van der Waals surface area contributed by atoms with Crippen LogP contribution in [0.15, 0.2) is 0 Å². The Balaban J connectivity index is 4.76. The molecule has 9 heteroatoms. The Morgan fingerprint density at radius 3 is 2.30 bits per heavy atom. The van der Waals surface area contributed by atoms with Gasteiger partial charge in [0.25, 0.3) is 0 Å². The summed E-state index contributed by atoms with van der Waals surface area (Å²) in [6.45, 7) is 3.93. The van der Waals surface area contributed by atoms with Crippen molar-refractivity contribution >= 4 is 22.0 Å². The SMILES string of the molecule is CCOC(=O)CC(NS(=O)(=O)CCC[NH3+])C(=O)OCC. The molecule has 1 atom stereocenters. The van der Waals surface area contributed by atoms with E-state index in [2.05, 4.69) is 10.5 Å². The van der Waals surface area contributed by atoms with Gasteiger partial charge in [0.1, 0.15) is 6.04 Å². The zero-order chi connectivity index (χ0) is 15.6. The molecule has 0 aliphatic rings. The summed E-state index contributed by atoms with van der Waals surface area (Å²) in [6.07, 6.45) is -0.0272. The van der Waals surface area contributed by atoms with E-state index in [1.54, 1.807) is 13.8 Å². The number of rotatable bonds is 10. The highest BCUT2D eigenvalue weighted by molar-refractivity contribution is 7.89. The van der Waals surface area contributed by atoms with Gasteiger partial charge in [-0.05, 0) is 13.8 Å². The molecule has 0 aromatic carbocycles. The lowest BCUT2D eigenvalue weighted by Crippen LogP contribution is -2.51. The molecule has 0 spiro atoms. The number of hydrogen-bond acceptors (Lipinski definition) is 6. The second-order valence-corrected chi connectivity index (χ2v) is 5.83. The molecule has 118 valence electrons. The van der Waals surface area contributed by atoms with Crippen molar-refractivity contribution in [1.82, 2.24) is 4.72 Å². The number of nitrogens with one attached hydrogen (secondary N) is 1. The molecule has 0 radical (unpaired) electrons. The summed E-state index contributed by atoms with van der Waals surface area (Å²) in [4.78, 5) is 23.1. The van der Waals surface area contributed by atoms with Gasteiger partial charge in [0, 0.05) is 6.42 Å². The second kappa shape index (κ2) is 9.67. The molecular weight excluding hydrogens is 288 g/mol. The average Bonchev–Trinajstić information content (AvgIpc) is 2.36. The Labute approximate surface area is 119 Å². The fraction of sp³-hybridized carbons (Fsp3) is 0.818. The number of sulfonamides is 1. The van der Waals surface area contributed by atoms with Gasteiger partial charge in [0.05, 0.1) is 31.9 Å². The molecule has 0 amide bonds. The van der Waals surface area contributed by atoms with Crippen LogP contribution in [0.5, 0.6) is 0 Å². The van der Waals surface area contributed by atoms with E-state index in [0.717, 1.165) is 0 Å². The van der Waals surface area contributed by atoms with Crippen LogP contribution >= 0.6 is 0 Å². The maximum absolute atomic E-state index is 11.7. The highest BCUT2D eigenvalue weighted by Gasteiger charge is 2.28. The minimum Gasteiger partial charge on any atom is -0.466 e. The maximum Gasteiger partial charge on any atom is 0.324 e. The zero-order valence-corrected chi connectivity index (χ0v) is 12.7. The third kappa shape index (κ3) is 8.08. The normalized spacial score (nSPS) is 12.8. The molecular formula is C11H23N2O6S+. The Morgan fingerprint density at radius 2 is 1.80 bits per heavy atom. The number of quaternary nitrogens is 1. The van der Waals surface area contributed by atoms with E-state index in [4.69, 9.17) is 9.47 Å². The maximum atomic E-state index is 11.7. The van der Waals surface area contributed by atoms with Crippen LogP contribution in [-0.2, 0) is 29.1 Å². The van der Waals surface area contributed by atoms with E-state index in [0.29, 0.717) is 13.0 Å². The molecule has 0 aromatic heterocycles. The number of carbonyl (C=O) groups is 2. The highest BCUT2D eigenvalue weighted by Crippen LogP contribution is 2.02. The van der Waals surface area contributed by atoms with Crippen LogP contribution in [0.4, 0.5) is 0 Å².